The van der Waals surface area contributed by atoms with Crippen molar-refractivity contribution in [3.8, 4) is 0 Å². The van der Waals surface area contributed by atoms with E-state index in [1.807, 2.05) is 36.1 Å². The first-order chi connectivity index (χ1) is 11.5. The van der Waals surface area contributed by atoms with Crippen LogP contribution in [0.25, 0.3) is 0 Å². The minimum Gasteiger partial charge on any atom is -0.373 e. The summed E-state index contributed by atoms with van der Waals surface area (Å²) in [6, 6.07) is 7.92. The SMILES string of the molecule is Cc1cccc(C(=O)N2CCC(CN3C[C@H](C)O[C@@H](C)C3)CC2)c1. The van der Waals surface area contributed by atoms with E-state index in [0.29, 0.717) is 18.1 Å². The van der Waals surface area contributed by atoms with Crippen molar-refractivity contribution in [3.63, 3.8) is 0 Å². The summed E-state index contributed by atoms with van der Waals surface area (Å²) in [5.41, 5.74) is 1.97. The maximum Gasteiger partial charge on any atom is 0.253 e. The molecular formula is C20H30N2O2. The number of nitrogens with zero attached hydrogens (tertiary/aromatic N) is 2. The Bertz CT molecular complexity index is 557. The molecule has 0 saturated carbocycles. The number of aryl methyl sites for hydroxylation is 1. The zero-order valence-corrected chi connectivity index (χ0v) is 15.2. The van der Waals surface area contributed by atoms with E-state index >= 15 is 0 Å². The predicted molar refractivity (Wildman–Crippen MR) is 96.3 cm³/mol. The van der Waals surface area contributed by atoms with Gasteiger partial charge in [0.15, 0.2) is 0 Å². The zero-order chi connectivity index (χ0) is 17.1. The Balaban J connectivity index is 1.49. The molecule has 0 spiro atoms. The molecule has 2 atom stereocenters. The number of carbonyl (C=O) groups is 1. The summed E-state index contributed by atoms with van der Waals surface area (Å²) in [5, 5.41) is 0. The molecule has 1 aromatic rings. The molecule has 1 aromatic carbocycles. The molecule has 4 nitrogen and oxygen atoms in total. The summed E-state index contributed by atoms with van der Waals surface area (Å²) in [7, 11) is 0. The molecule has 0 aliphatic carbocycles. The van der Waals surface area contributed by atoms with Crippen molar-refractivity contribution < 1.29 is 9.53 Å². The molecule has 1 amide bonds. The average Bonchev–Trinajstić information content (AvgIpc) is 2.54. The molecule has 2 fully saturated rings. The van der Waals surface area contributed by atoms with Crippen LogP contribution >= 0.6 is 0 Å². The normalized spacial score (nSPS) is 26.5. The standard InChI is InChI=1S/C20H30N2O2/c1-15-5-4-6-19(11-15)20(23)22-9-7-18(8-10-22)14-21-12-16(2)24-17(3)13-21/h4-6,11,16-18H,7-10,12-14H2,1-3H3/t16-,17-/m0/s1. The van der Waals surface area contributed by atoms with Crippen molar-refractivity contribution in [2.45, 2.75) is 45.8 Å². The first-order valence-electron chi connectivity index (χ1n) is 9.25. The molecule has 24 heavy (non-hydrogen) atoms. The molecule has 0 unspecified atom stereocenters. The molecule has 3 rings (SSSR count). The first-order valence-corrected chi connectivity index (χ1v) is 9.25. The molecule has 132 valence electrons. The topological polar surface area (TPSA) is 32.8 Å². The lowest BCUT2D eigenvalue weighted by atomic mass is 9.95. The third kappa shape index (κ3) is 4.37. The lowest BCUT2D eigenvalue weighted by Gasteiger charge is -2.39. The average molecular weight is 330 g/mol. The van der Waals surface area contributed by atoms with E-state index in [1.54, 1.807) is 0 Å². The van der Waals surface area contributed by atoms with Crippen LogP contribution in [0.3, 0.4) is 0 Å². The van der Waals surface area contributed by atoms with Crippen LogP contribution in [-0.2, 0) is 4.74 Å². The Hall–Kier alpha value is -1.39. The third-order valence-corrected chi connectivity index (χ3v) is 5.18. The van der Waals surface area contributed by atoms with Crippen molar-refractivity contribution in [2.75, 3.05) is 32.7 Å². The van der Waals surface area contributed by atoms with Gasteiger partial charge in [0.25, 0.3) is 5.91 Å². The number of morpholine rings is 1. The summed E-state index contributed by atoms with van der Waals surface area (Å²) >= 11 is 0. The summed E-state index contributed by atoms with van der Waals surface area (Å²) < 4.78 is 5.82. The number of amides is 1. The van der Waals surface area contributed by atoms with Gasteiger partial charge in [-0.15, -0.1) is 0 Å². The van der Waals surface area contributed by atoms with Gasteiger partial charge in [0.1, 0.15) is 0 Å². The molecule has 2 saturated heterocycles. The summed E-state index contributed by atoms with van der Waals surface area (Å²) in [5.74, 6) is 0.884. The number of benzene rings is 1. The van der Waals surface area contributed by atoms with E-state index in [2.05, 4.69) is 18.7 Å². The molecular weight excluding hydrogens is 300 g/mol. The van der Waals surface area contributed by atoms with E-state index in [-0.39, 0.29) is 5.91 Å². The van der Waals surface area contributed by atoms with Crippen LogP contribution in [0.4, 0.5) is 0 Å². The lowest BCUT2D eigenvalue weighted by molar-refractivity contribution is -0.0728. The highest BCUT2D eigenvalue weighted by Crippen LogP contribution is 2.22. The molecule has 0 bridgehead atoms. The van der Waals surface area contributed by atoms with Crippen LogP contribution in [-0.4, -0.2) is 60.6 Å². The van der Waals surface area contributed by atoms with E-state index in [0.717, 1.165) is 56.7 Å². The molecule has 4 heteroatoms. The van der Waals surface area contributed by atoms with Crippen LogP contribution in [0, 0.1) is 12.8 Å². The second kappa shape index (κ2) is 7.66. The maximum absolute atomic E-state index is 12.6. The molecule has 2 aliphatic rings. The summed E-state index contributed by atoms with van der Waals surface area (Å²) in [6.45, 7) is 11.3. The monoisotopic (exact) mass is 330 g/mol. The van der Waals surface area contributed by atoms with Crippen LogP contribution in [0.5, 0.6) is 0 Å². The van der Waals surface area contributed by atoms with Gasteiger partial charge in [-0.3, -0.25) is 9.69 Å². The first kappa shape index (κ1) is 17.4. The Morgan fingerprint density at radius 2 is 1.83 bits per heavy atom. The number of likely N-dealkylation sites (tertiary alicyclic amines) is 1. The van der Waals surface area contributed by atoms with Crippen LogP contribution < -0.4 is 0 Å². The van der Waals surface area contributed by atoms with E-state index in [9.17, 15) is 4.79 Å². The third-order valence-electron chi connectivity index (χ3n) is 5.18. The Morgan fingerprint density at radius 3 is 2.46 bits per heavy atom. The van der Waals surface area contributed by atoms with Crippen LogP contribution in [0.2, 0.25) is 0 Å². The van der Waals surface area contributed by atoms with Crippen molar-refractivity contribution >= 4 is 5.91 Å². The van der Waals surface area contributed by atoms with Gasteiger partial charge in [-0.05, 0) is 51.7 Å². The smallest absolute Gasteiger partial charge is 0.253 e. The van der Waals surface area contributed by atoms with E-state index < -0.39 is 0 Å². The largest absolute Gasteiger partial charge is 0.373 e. The van der Waals surface area contributed by atoms with Crippen LogP contribution in [0.15, 0.2) is 24.3 Å². The minimum absolute atomic E-state index is 0.186. The molecule has 2 aliphatic heterocycles. The Labute approximate surface area is 145 Å². The number of piperidine rings is 1. The van der Waals surface area contributed by atoms with Gasteiger partial charge in [-0.2, -0.15) is 0 Å². The van der Waals surface area contributed by atoms with Gasteiger partial charge in [-0.25, -0.2) is 0 Å². The predicted octanol–water partition coefficient (Wildman–Crippen LogP) is 2.96. The van der Waals surface area contributed by atoms with Crippen molar-refractivity contribution in [3.05, 3.63) is 35.4 Å². The fraction of sp³-hybridized carbons (Fsp3) is 0.650. The fourth-order valence-corrected chi connectivity index (χ4v) is 4.08. The number of rotatable bonds is 3. The maximum atomic E-state index is 12.6. The number of ether oxygens (including phenoxy) is 1. The van der Waals surface area contributed by atoms with Gasteiger partial charge in [-0.1, -0.05) is 17.7 Å². The van der Waals surface area contributed by atoms with E-state index in [1.165, 1.54) is 0 Å². The van der Waals surface area contributed by atoms with Crippen molar-refractivity contribution in [2.24, 2.45) is 5.92 Å². The van der Waals surface area contributed by atoms with Crippen molar-refractivity contribution in [1.82, 2.24) is 9.80 Å². The van der Waals surface area contributed by atoms with Crippen molar-refractivity contribution in [1.29, 1.82) is 0 Å². The second-order valence-corrected chi connectivity index (χ2v) is 7.58. The molecule has 0 radical (unpaired) electrons. The highest BCUT2D eigenvalue weighted by Gasteiger charge is 2.28. The summed E-state index contributed by atoms with van der Waals surface area (Å²) in [6.07, 6.45) is 2.88. The summed E-state index contributed by atoms with van der Waals surface area (Å²) in [4.78, 5) is 17.2. The number of carbonyl (C=O) groups excluding carboxylic acids is 1. The van der Waals surface area contributed by atoms with Crippen LogP contribution in [0.1, 0.15) is 42.6 Å². The van der Waals surface area contributed by atoms with Gasteiger partial charge in [0.05, 0.1) is 12.2 Å². The second-order valence-electron chi connectivity index (χ2n) is 7.58. The van der Waals surface area contributed by atoms with E-state index in [4.69, 9.17) is 4.74 Å². The highest BCUT2D eigenvalue weighted by atomic mass is 16.5. The van der Waals surface area contributed by atoms with Gasteiger partial charge >= 0.3 is 0 Å². The molecule has 0 aromatic heterocycles. The zero-order valence-electron chi connectivity index (χ0n) is 15.2. The fourth-order valence-electron chi connectivity index (χ4n) is 4.08. The van der Waals surface area contributed by atoms with Gasteiger partial charge in [0, 0.05) is 38.3 Å². The highest BCUT2D eigenvalue weighted by molar-refractivity contribution is 5.94. The quantitative estimate of drug-likeness (QED) is 0.854. The number of hydrogen-bond acceptors (Lipinski definition) is 3. The lowest BCUT2D eigenvalue weighted by Crippen LogP contribution is -2.48. The van der Waals surface area contributed by atoms with Gasteiger partial charge in [0.2, 0.25) is 0 Å². The Morgan fingerprint density at radius 1 is 1.17 bits per heavy atom. The minimum atomic E-state index is 0.186. The van der Waals surface area contributed by atoms with Gasteiger partial charge < -0.3 is 9.64 Å². The molecule has 2 heterocycles. The molecule has 0 N–H and O–H groups in total. The number of hydrogen-bond donors (Lipinski definition) is 0. The Kier molecular flexibility index (Phi) is 5.57.